The number of nitrogens with two attached hydrogens (primary N) is 1. The molecular formula is C20H29NO2. The van der Waals surface area contributed by atoms with Crippen molar-refractivity contribution < 1.29 is 9.47 Å². The van der Waals surface area contributed by atoms with Crippen LogP contribution in [0.5, 0.6) is 0 Å². The van der Waals surface area contributed by atoms with Crippen LogP contribution < -0.4 is 5.73 Å². The summed E-state index contributed by atoms with van der Waals surface area (Å²) in [6, 6.07) is 9.92. The highest BCUT2D eigenvalue weighted by Gasteiger charge is 2.12. The Bertz CT molecular complexity index is 556. The molecule has 1 aliphatic rings. The van der Waals surface area contributed by atoms with E-state index in [0.717, 1.165) is 42.0 Å². The fourth-order valence-corrected chi connectivity index (χ4v) is 2.28. The number of allylic oxidation sites excluding steroid dienone is 4. The van der Waals surface area contributed by atoms with Gasteiger partial charge in [0.1, 0.15) is 5.76 Å². The molecule has 23 heavy (non-hydrogen) atoms. The van der Waals surface area contributed by atoms with E-state index < -0.39 is 0 Å². The van der Waals surface area contributed by atoms with Gasteiger partial charge in [0.2, 0.25) is 0 Å². The molecule has 0 heterocycles. The predicted molar refractivity (Wildman–Crippen MR) is 97.5 cm³/mol. The quantitative estimate of drug-likeness (QED) is 0.794. The van der Waals surface area contributed by atoms with Gasteiger partial charge in [-0.3, -0.25) is 0 Å². The van der Waals surface area contributed by atoms with Gasteiger partial charge in [-0.25, -0.2) is 0 Å². The van der Waals surface area contributed by atoms with E-state index in [2.05, 4.69) is 19.9 Å². The highest BCUT2D eigenvalue weighted by molar-refractivity contribution is 5.65. The van der Waals surface area contributed by atoms with E-state index in [1.54, 1.807) is 14.2 Å². The summed E-state index contributed by atoms with van der Waals surface area (Å²) < 4.78 is 10.8. The Morgan fingerprint density at radius 3 is 2.26 bits per heavy atom. The third-order valence-electron chi connectivity index (χ3n) is 3.47. The summed E-state index contributed by atoms with van der Waals surface area (Å²) >= 11 is 0. The first kappa shape index (κ1) is 18.9. The van der Waals surface area contributed by atoms with E-state index in [9.17, 15) is 0 Å². The minimum Gasteiger partial charge on any atom is -0.501 e. The lowest BCUT2D eigenvalue weighted by molar-refractivity contribution is 0.267. The lowest BCUT2D eigenvalue weighted by Crippen LogP contribution is -2.03. The van der Waals surface area contributed by atoms with Crippen molar-refractivity contribution in [3.05, 3.63) is 65.1 Å². The first-order valence-corrected chi connectivity index (χ1v) is 8.17. The Balaban J connectivity index is 0.000000816. The smallest absolute Gasteiger partial charge is 0.120 e. The average Bonchev–Trinajstić information content (AvgIpc) is 2.61. The van der Waals surface area contributed by atoms with E-state index in [-0.39, 0.29) is 0 Å². The summed E-state index contributed by atoms with van der Waals surface area (Å²) in [7, 11) is 3.40. The number of hydrogen-bond donors (Lipinski definition) is 1. The SMILES string of the molecule is CCC.COC1=CC/C(=C(\C=C(/N)c2ccccc2)OC)CC1. The molecule has 0 radical (unpaired) electrons. The molecule has 0 bridgehead atoms. The first-order valence-electron chi connectivity index (χ1n) is 8.17. The second kappa shape index (κ2) is 10.5. The standard InChI is InChI=1S/C17H21NO2.C3H8/c1-19-15-10-8-14(9-11-15)17(20-2)12-16(18)13-6-4-3-5-7-13;1-3-2/h3-7,10,12H,8-9,11,18H2,1-2H3;3H2,1-2H3/b16-12-,17-14-;. The van der Waals surface area contributed by atoms with Gasteiger partial charge in [0.25, 0.3) is 0 Å². The number of rotatable bonds is 4. The zero-order valence-corrected chi connectivity index (χ0v) is 14.8. The van der Waals surface area contributed by atoms with Crippen molar-refractivity contribution in [1.82, 2.24) is 0 Å². The van der Waals surface area contributed by atoms with E-state index in [1.165, 1.54) is 12.0 Å². The van der Waals surface area contributed by atoms with Gasteiger partial charge in [-0.15, -0.1) is 0 Å². The number of ether oxygens (including phenoxy) is 2. The van der Waals surface area contributed by atoms with Crippen molar-refractivity contribution in [1.29, 1.82) is 0 Å². The van der Waals surface area contributed by atoms with E-state index >= 15 is 0 Å². The predicted octanol–water partition coefficient (Wildman–Crippen LogP) is 5.02. The van der Waals surface area contributed by atoms with Crippen LogP contribution in [0.1, 0.15) is 45.1 Å². The largest absolute Gasteiger partial charge is 0.501 e. The zero-order valence-electron chi connectivity index (χ0n) is 14.8. The first-order chi connectivity index (χ1) is 11.2. The Labute approximate surface area is 140 Å². The molecule has 2 rings (SSSR count). The lowest BCUT2D eigenvalue weighted by Gasteiger charge is -2.17. The van der Waals surface area contributed by atoms with Crippen molar-refractivity contribution in [3.8, 4) is 0 Å². The summed E-state index contributed by atoms with van der Waals surface area (Å²) in [5.74, 6) is 1.90. The van der Waals surface area contributed by atoms with Crippen molar-refractivity contribution in [2.45, 2.75) is 39.5 Å². The molecule has 1 aliphatic carbocycles. The van der Waals surface area contributed by atoms with Crippen LogP contribution in [-0.4, -0.2) is 14.2 Å². The Hall–Kier alpha value is -2.16. The van der Waals surface area contributed by atoms with Gasteiger partial charge in [0, 0.05) is 18.2 Å². The van der Waals surface area contributed by atoms with Gasteiger partial charge in [-0.05, 0) is 30.1 Å². The second-order valence-electron chi connectivity index (χ2n) is 5.42. The van der Waals surface area contributed by atoms with Crippen LogP contribution in [0.3, 0.4) is 0 Å². The fourth-order valence-electron chi connectivity index (χ4n) is 2.28. The van der Waals surface area contributed by atoms with Crippen LogP contribution in [0.4, 0.5) is 0 Å². The molecule has 0 aromatic heterocycles. The molecule has 0 atom stereocenters. The number of hydrogen-bond acceptors (Lipinski definition) is 3. The number of methoxy groups -OCH3 is 2. The molecule has 126 valence electrons. The molecule has 0 spiro atoms. The summed E-state index contributed by atoms with van der Waals surface area (Å²) in [6.07, 6.45) is 7.98. The molecular weight excluding hydrogens is 286 g/mol. The van der Waals surface area contributed by atoms with Gasteiger partial charge >= 0.3 is 0 Å². The van der Waals surface area contributed by atoms with Crippen LogP contribution in [-0.2, 0) is 9.47 Å². The highest BCUT2D eigenvalue weighted by Crippen LogP contribution is 2.27. The van der Waals surface area contributed by atoms with Gasteiger partial charge in [-0.1, -0.05) is 50.6 Å². The Kier molecular flexibility index (Phi) is 8.66. The second-order valence-corrected chi connectivity index (χ2v) is 5.42. The average molecular weight is 315 g/mol. The van der Waals surface area contributed by atoms with Crippen LogP contribution in [0.25, 0.3) is 5.70 Å². The van der Waals surface area contributed by atoms with Crippen LogP contribution in [0.15, 0.2) is 59.6 Å². The van der Waals surface area contributed by atoms with Gasteiger partial charge in [0.15, 0.2) is 0 Å². The van der Waals surface area contributed by atoms with E-state index in [1.807, 2.05) is 36.4 Å². The Morgan fingerprint density at radius 1 is 1.13 bits per heavy atom. The van der Waals surface area contributed by atoms with Crippen LogP contribution >= 0.6 is 0 Å². The normalized spacial score (nSPS) is 16.7. The highest BCUT2D eigenvalue weighted by atomic mass is 16.5. The number of benzene rings is 1. The molecule has 0 unspecified atom stereocenters. The topological polar surface area (TPSA) is 44.5 Å². The summed E-state index contributed by atoms with van der Waals surface area (Å²) in [5.41, 5.74) is 9.12. The van der Waals surface area contributed by atoms with Gasteiger partial charge in [0.05, 0.1) is 20.0 Å². The molecule has 1 aromatic rings. The van der Waals surface area contributed by atoms with E-state index in [4.69, 9.17) is 15.2 Å². The third kappa shape index (κ3) is 6.23. The monoisotopic (exact) mass is 315 g/mol. The molecule has 2 N–H and O–H groups in total. The molecule has 0 fully saturated rings. The molecule has 1 aromatic carbocycles. The summed E-state index contributed by atoms with van der Waals surface area (Å²) in [5, 5.41) is 0. The molecule has 0 amide bonds. The van der Waals surface area contributed by atoms with Crippen molar-refractivity contribution in [3.63, 3.8) is 0 Å². The molecule has 0 saturated carbocycles. The van der Waals surface area contributed by atoms with Gasteiger partial charge < -0.3 is 15.2 Å². The van der Waals surface area contributed by atoms with Gasteiger partial charge in [-0.2, -0.15) is 0 Å². The maximum atomic E-state index is 6.14. The molecule has 0 aliphatic heterocycles. The van der Waals surface area contributed by atoms with Crippen molar-refractivity contribution >= 4 is 5.70 Å². The zero-order chi connectivity index (χ0) is 17.1. The van der Waals surface area contributed by atoms with Crippen molar-refractivity contribution in [2.24, 2.45) is 5.73 Å². The lowest BCUT2D eigenvalue weighted by atomic mass is 9.97. The van der Waals surface area contributed by atoms with Crippen LogP contribution in [0.2, 0.25) is 0 Å². The van der Waals surface area contributed by atoms with E-state index in [0.29, 0.717) is 0 Å². The minimum atomic E-state index is 0.719. The Morgan fingerprint density at radius 2 is 1.78 bits per heavy atom. The van der Waals surface area contributed by atoms with Crippen LogP contribution in [0, 0.1) is 0 Å². The molecule has 0 saturated heterocycles. The maximum absolute atomic E-state index is 6.14. The van der Waals surface area contributed by atoms with Crippen molar-refractivity contribution in [2.75, 3.05) is 14.2 Å². The fraction of sp³-hybridized carbons (Fsp3) is 0.400. The summed E-state index contributed by atoms with van der Waals surface area (Å²) in [4.78, 5) is 0. The maximum Gasteiger partial charge on any atom is 0.120 e. The summed E-state index contributed by atoms with van der Waals surface area (Å²) in [6.45, 7) is 4.25. The molecule has 3 nitrogen and oxygen atoms in total. The minimum absolute atomic E-state index is 0.719. The molecule has 3 heteroatoms. The third-order valence-corrected chi connectivity index (χ3v) is 3.47.